The van der Waals surface area contributed by atoms with Crippen molar-refractivity contribution >= 4 is 33.9 Å². The molecule has 0 saturated carbocycles. The number of hydrogen-bond acceptors (Lipinski definition) is 4. The Morgan fingerprint density at radius 3 is 3.05 bits per heavy atom. The lowest BCUT2D eigenvalue weighted by molar-refractivity contribution is 0.0382. The molecule has 1 aromatic heterocycles. The molecule has 2 aromatic rings. The van der Waals surface area contributed by atoms with Crippen LogP contribution in [0.3, 0.4) is 0 Å². The first-order chi connectivity index (χ1) is 10.2. The van der Waals surface area contributed by atoms with E-state index in [4.69, 9.17) is 27.7 Å². The maximum absolute atomic E-state index is 5.91. The molecule has 4 nitrogen and oxygen atoms in total. The average Bonchev–Trinajstić information content (AvgIpc) is 2.53. The van der Waals surface area contributed by atoms with Gasteiger partial charge in [0.2, 0.25) is 0 Å². The number of ether oxygens (including phenoxy) is 1. The molecule has 0 amide bonds. The summed E-state index contributed by atoms with van der Waals surface area (Å²) in [6.45, 7) is 4.50. The molecule has 21 heavy (non-hydrogen) atoms. The predicted molar refractivity (Wildman–Crippen MR) is 89.9 cm³/mol. The van der Waals surface area contributed by atoms with Crippen LogP contribution in [0.5, 0.6) is 0 Å². The van der Waals surface area contributed by atoms with Crippen LogP contribution in [0.2, 0.25) is 0 Å². The number of fused-ring (bicyclic) bond motifs is 1. The predicted octanol–water partition coefficient (Wildman–Crippen LogP) is 2.48. The lowest BCUT2D eigenvalue weighted by atomic mass is 10.1. The molecule has 1 fully saturated rings. The molecule has 1 aromatic carbocycles. The summed E-state index contributed by atoms with van der Waals surface area (Å²) in [4.78, 5) is 7.42. The van der Waals surface area contributed by atoms with Crippen LogP contribution in [0, 0.1) is 0 Å². The van der Waals surface area contributed by atoms with Gasteiger partial charge in [0.25, 0.3) is 0 Å². The molecule has 1 saturated heterocycles. The number of morpholine rings is 1. The van der Waals surface area contributed by atoms with Crippen LogP contribution in [0.1, 0.15) is 18.9 Å². The first-order valence-electron chi connectivity index (χ1n) is 7.25. The smallest absolute Gasteiger partial charge is 0.139 e. The van der Waals surface area contributed by atoms with Gasteiger partial charge in [-0.1, -0.05) is 37.3 Å². The number of para-hydroxylation sites is 1. The molecule has 0 bridgehead atoms. The Kier molecular flexibility index (Phi) is 4.03. The summed E-state index contributed by atoms with van der Waals surface area (Å²) >= 11 is 5.22. The van der Waals surface area contributed by atoms with Crippen LogP contribution in [-0.2, 0) is 4.74 Å². The second-order valence-electron chi connectivity index (χ2n) is 5.26. The van der Waals surface area contributed by atoms with E-state index in [1.165, 1.54) is 0 Å². The summed E-state index contributed by atoms with van der Waals surface area (Å²) in [6.07, 6.45) is 1.23. The quantitative estimate of drug-likeness (QED) is 0.883. The minimum absolute atomic E-state index is 0.242. The van der Waals surface area contributed by atoms with Gasteiger partial charge in [0.05, 0.1) is 23.8 Å². The van der Waals surface area contributed by atoms with Gasteiger partial charge in [-0.2, -0.15) is 0 Å². The van der Waals surface area contributed by atoms with Gasteiger partial charge in [-0.05, 0) is 18.6 Å². The van der Waals surface area contributed by atoms with E-state index in [1.807, 2.05) is 30.3 Å². The molecule has 110 valence electrons. The number of hydrogen-bond donors (Lipinski definition) is 1. The van der Waals surface area contributed by atoms with Crippen molar-refractivity contribution in [1.29, 1.82) is 0 Å². The number of nitrogens with two attached hydrogens (primary N) is 1. The number of thiocarbonyl (C=S) groups is 1. The summed E-state index contributed by atoms with van der Waals surface area (Å²) in [5, 5.41) is 1.06. The van der Waals surface area contributed by atoms with Gasteiger partial charge in [0.1, 0.15) is 10.8 Å². The van der Waals surface area contributed by atoms with Crippen LogP contribution >= 0.6 is 12.2 Å². The minimum atomic E-state index is 0.242. The SMILES string of the molecule is CCC1CN(c2nc3ccccc3cc2C(N)=S)CCO1. The van der Waals surface area contributed by atoms with Crippen LogP contribution < -0.4 is 10.6 Å². The third-order valence-electron chi connectivity index (χ3n) is 3.86. The molecule has 0 aliphatic carbocycles. The van der Waals surface area contributed by atoms with Crippen molar-refractivity contribution in [3.63, 3.8) is 0 Å². The highest BCUT2D eigenvalue weighted by Gasteiger charge is 2.23. The molecule has 0 spiro atoms. The third kappa shape index (κ3) is 2.84. The molecular weight excluding hydrogens is 282 g/mol. The molecule has 1 atom stereocenters. The minimum Gasteiger partial charge on any atom is -0.389 e. The van der Waals surface area contributed by atoms with Crippen molar-refractivity contribution in [2.24, 2.45) is 5.73 Å². The first kappa shape index (κ1) is 14.2. The maximum Gasteiger partial charge on any atom is 0.139 e. The lowest BCUT2D eigenvalue weighted by Crippen LogP contribution is -2.43. The molecule has 0 radical (unpaired) electrons. The Hall–Kier alpha value is -1.72. The van der Waals surface area contributed by atoms with E-state index in [1.54, 1.807) is 0 Å². The van der Waals surface area contributed by atoms with E-state index in [0.29, 0.717) is 11.6 Å². The van der Waals surface area contributed by atoms with Crippen molar-refractivity contribution in [3.8, 4) is 0 Å². The van der Waals surface area contributed by atoms with Crippen LogP contribution in [0.4, 0.5) is 5.82 Å². The first-order valence-corrected chi connectivity index (χ1v) is 7.66. The van der Waals surface area contributed by atoms with Gasteiger partial charge >= 0.3 is 0 Å². The van der Waals surface area contributed by atoms with Gasteiger partial charge in [0.15, 0.2) is 0 Å². The average molecular weight is 301 g/mol. The number of benzene rings is 1. The number of anilines is 1. The molecular formula is C16H19N3OS. The Morgan fingerprint density at radius 2 is 2.29 bits per heavy atom. The van der Waals surface area contributed by atoms with E-state index < -0.39 is 0 Å². The van der Waals surface area contributed by atoms with Gasteiger partial charge in [-0.15, -0.1) is 0 Å². The van der Waals surface area contributed by atoms with E-state index in [0.717, 1.165) is 41.8 Å². The second kappa shape index (κ2) is 5.95. The fourth-order valence-electron chi connectivity index (χ4n) is 2.69. The highest BCUT2D eigenvalue weighted by Crippen LogP contribution is 2.25. The summed E-state index contributed by atoms with van der Waals surface area (Å²) < 4.78 is 5.73. The second-order valence-corrected chi connectivity index (χ2v) is 5.70. The summed E-state index contributed by atoms with van der Waals surface area (Å²) in [5.74, 6) is 0.878. The third-order valence-corrected chi connectivity index (χ3v) is 4.08. The Bertz CT molecular complexity index is 674. The zero-order valence-corrected chi connectivity index (χ0v) is 12.9. The Balaban J connectivity index is 2.07. The lowest BCUT2D eigenvalue weighted by Gasteiger charge is -2.34. The molecule has 2 N–H and O–H groups in total. The topological polar surface area (TPSA) is 51.4 Å². The van der Waals surface area contributed by atoms with Crippen molar-refractivity contribution in [2.45, 2.75) is 19.4 Å². The van der Waals surface area contributed by atoms with E-state index >= 15 is 0 Å². The number of aromatic nitrogens is 1. The van der Waals surface area contributed by atoms with Crippen molar-refractivity contribution in [1.82, 2.24) is 4.98 Å². The zero-order chi connectivity index (χ0) is 14.8. The Labute approximate surface area is 129 Å². The van der Waals surface area contributed by atoms with Gasteiger partial charge in [-0.25, -0.2) is 4.98 Å². The van der Waals surface area contributed by atoms with Gasteiger partial charge in [-0.3, -0.25) is 0 Å². The van der Waals surface area contributed by atoms with Crippen molar-refractivity contribution in [3.05, 3.63) is 35.9 Å². The summed E-state index contributed by atoms with van der Waals surface area (Å²) in [7, 11) is 0. The molecule has 5 heteroatoms. The Morgan fingerprint density at radius 1 is 1.48 bits per heavy atom. The highest BCUT2D eigenvalue weighted by molar-refractivity contribution is 7.80. The van der Waals surface area contributed by atoms with Crippen LogP contribution in [-0.4, -0.2) is 35.8 Å². The summed E-state index contributed by atoms with van der Waals surface area (Å²) in [5.41, 5.74) is 7.73. The van der Waals surface area contributed by atoms with Gasteiger partial charge < -0.3 is 15.4 Å². The van der Waals surface area contributed by atoms with Crippen molar-refractivity contribution in [2.75, 3.05) is 24.6 Å². The fourth-order valence-corrected chi connectivity index (χ4v) is 2.84. The van der Waals surface area contributed by atoms with E-state index in [2.05, 4.69) is 11.8 Å². The molecule has 1 aliphatic heterocycles. The molecule has 2 heterocycles. The number of pyridine rings is 1. The monoisotopic (exact) mass is 301 g/mol. The normalized spacial score (nSPS) is 18.9. The number of rotatable bonds is 3. The van der Waals surface area contributed by atoms with E-state index in [9.17, 15) is 0 Å². The van der Waals surface area contributed by atoms with Gasteiger partial charge in [0, 0.05) is 18.5 Å². The standard InChI is InChI=1S/C16H19N3OS/c1-2-12-10-19(7-8-20-12)16-13(15(17)21)9-11-5-3-4-6-14(11)18-16/h3-6,9,12H,2,7-8,10H2,1H3,(H2,17,21). The van der Waals surface area contributed by atoms with Crippen molar-refractivity contribution < 1.29 is 4.74 Å². The van der Waals surface area contributed by atoms with Crippen LogP contribution in [0.15, 0.2) is 30.3 Å². The maximum atomic E-state index is 5.91. The molecule has 3 rings (SSSR count). The molecule has 1 unspecified atom stereocenters. The highest BCUT2D eigenvalue weighted by atomic mass is 32.1. The summed E-state index contributed by atoms with van der Waals surface area (Å²) in [6, 6.07) is 10.1. The van der Waals surface area contributed by atoms with E-state index in [-0.39, 0.29) is 6.10 Å². The largest absolute Gasteiger partial charge is 0.389 e. The number of nitrogens with zero attached hydrogens (tertiary/aromatic N) is 2. The molecule has 1 aliphatic rings. The fraction of sp³-hybridized carbons (Fsp3) is 0.375. The zero-order valence-electron chi connectivity index (χ0n) is 12.1. The van der Waals surface area contributed by atoms with Crippen LogP contribution in [0.25, 0.3) is 10.9 Å².